The minimum Gasteiger partial charge on any atom is -0.369 e. The quantitative estimate of drug-likeness (QED) is 0.774. The van der Waals surface area contributed by atoms with E-state index in [-0.39, 0.29) is 0 Å². The molecule has 0 spiro atoms. The van der Waals surface area contributed by atoms with Crippen LogP contribution in [-0.2, 0) is 5.33 Å². The van der Waals surface area contributed by atoms with Crippen molar-refractivity contribution in [3.8, 4) is 0 Å². The van der Waals surface area contributed by atoms with Crippen LogP contribution in [0.3, 0.4) is 0 Å². The fourth-order valence-corrected chi connectivity index (χ4v) is 3.40. The van der Waals surface area contributed by atoms with Crippen LogP contribution in [0.25, 0.3) is 0 Å². The molecule has 92 valence electrons. The Balaban J connectivity index is 1.71. The first-order valence-electron chi connectivity index (χ1n) is 6.51. The third-order valence-electron chi connectivity index (χ3n) is 4.04. The van der Waals surface area contributed by atoms with E-state index < -0.39 is 0 Å². The summed E-state index contributed by atoms with van der Waals surface area (Å²) in [6, 6.07) is 9.79. The topological polar surface area (TPSA) is 6.48 Å². The Morgan fingerprint density at radius 1 is 1.12 bits per heavy atom. The molecule has 1 aromatic carbocycles. The van der Waals surface area contributed by atoms with Gasteiger partial charge in [-0.15, -0.1) is 0 Å². The van der Waals surface area contributed by atoms with Crippen molar-refractivity contribution in [2.45, 2.75) is 24.2 Å². The standard InChI is InChI=1S/C14H19BrN2/c15-10-12-3-5-13(6-4-12)17-9-8-16-7-1-2-14(16)11-17/h3-6,14H,1-2,7-11H2. The average molecular weight is 295 g/mol. The minimum atomic E-state index is 0.805. The van der Waals surface area contributed by atoms with Crippen molar-refractivity contribution in [2.75, 3.05) is 31.1 Å². The number of piperazine rings is 1. The van der Waals surface area contributed by atoms with E-state index in [1.807, 2.05) is 0 Å². The number of rotatable bonds is 2. The Morgan fingerprint density at radius 2 is 1.94 bits per heavy atom. The Morgan fingerprint density at radius 3 is 2.71 bits per heavy atom. The number of hydrogen-bond acceptors (Lipinski definition) is 2. The molecule has 2 fully saturated rings. The van der Waals surface area contributed by atoms with Gasteiger partial charge in [-0.2, -0.15) is 0 Å². The molecule has 0 amide bonds. The summed E-state index contributed by atoms with van der Waals surface area (Å²) < 4.78 is 0. The molecular weight excluding hydrogens is 276 g/mol. The van der Waals surface area contributed by atoms with Gasteiger partial charge in [0.15, 0.2) is 0 Å². The van der Waals surface area contributed by atoms with Crippen molar-refractivity contribution < 1.29 is 0 Å². The molecule has 2 nitrogen and oxygen atoms in total. The second-order valence-electron chi connectivity index (χ2n) is 5.08. The highest BCUT2D eigenvalue weighted by Gasteiger charge is 2.30. The number of alkyl halides is 1. The number of anilines is 1. The highest BCUT2D eigenvalue weighted by atomic mass is 79.9. The molecule has 1 atom stereocenters. The van der Waals surface area contributed by atoms with Gasteiger partial charge in [0.25, 0.3) is 0 Å². The Kier molecular flexibility index (Phi) is 3.39. The zero-order valence-corrected chi connectivity index (χ0v) is 11.7. The van der Waals surface area contributed by atoms with E-state index in [1.165, 1.54) is 50.3 Å². The lowest BCUT2D eigenvalue weighted by Crippen LogP contribution is -2.50. The van der Waals surface area contributed by atoms with Crippen LogP contribution in [0.5, 0.6) is 0 Å². The predicted octanol–water partition coefficient (Wildman–Crippen LogP) is 2.87. The fraction of sp³-hybridized carbons (Fsp3) is 0.571. The van der Waals surface area contributed by atoms with Crippen LogP contribution in [0.4, 0.5) is 5.69 Å². The van der Waals surface area contributed by atoms with Gasteiger partial charge in [0, 0.05) is 36.7 Å². The lowest BCUT2D eigenvalue weighted by Gasteiger charge is -2.38. The second kappa shape index (κ2) is 4.99. The van der Waals surface area contributed by atoms with Gasteiger partial charge < -0.3 is 4.90 Å². The van der Waals surface area contributed by atoms with E-state index in [0.29, 0.717) is 0 Å². The minimum absolute atomic E-state index is 0.805. The summed E-state index contributed by atoms with van der Waals surface area (Å²) in [7, 11) is 0. The van der Waals surface area contributed by atoms with Crippen LogP contribution >= 0.6 is 15.9 Å². The maximum absolute atomic E-state index is 3.49. The van der Waals surface area contributed by atoms with Crippen molar-refractivity contribution in [3.63, 3.8) is 0 Å². The molecule has 0 radical (unpaired) electrons. The maximum atomic E-state index is 3.49. The SMILES string of the molecule is BrCc1ccc(N2CCN3CCCC3C2)cc1. The van der Waals surface area contributed by atoms with Crippen LogP contribution in [0.15, 0.2) is 24.3 Å². The zero-order chi connectivity index (χ0) is 11.7. The van der Waals surface area contributed by atoms with Crippen LogP contribution in [-0.4, -0.2) is 37.1 Å². The molecule has 2 heterocycles. The Labute approximate surface area is 112 Å². The summed E-state index contributed by atoms with van der Waals surface area (Å²) in [6.07, 6.45) is 2.77. The summed E-state index contributed by atoms with van der Waals surface area (Å²) in [5.74, 6) is 0. The molecule has 0 N–H and O–H groups in total. The molecule has 3 rings (SSSR count). The molecule has 17 heavy (non-hydrogen) atoms. The van der Waals surface area contributed by atoms with E-state index in [1.54, 1.807) is 0 Å². The van der Waals surface area contributed by atoms with E-state index >= 15 is 0 Å². The fourth-order valence-electron chi connectivity index (χ4n) is 3.02. The van der Waals surface area contributed by atoms with E-state index in [0.717, 1.165) is 11.4 Å². The maximum Gasteiger partial charge on any atom is 0.0367 e. The summed E-state index contributed by atoms with van der Waals surface area (Å²) in [4.78, 5) is 5.20. The molecule has 2 aliphatic heterocycles. The monoisotopic (exact) mass is 294 g/mol. The molecular formula is C14H19BrN2. The van der Waals surface area contributed by atoms with Gasteiger partial charge in [-0.3, -0.25) is 4.90 Å². The molecule has 2 aliphatic rings. The van der Waals surface area contributed by atoms with Crippen molar-refractivity contribution in [2.24, 2.45) is 0 Å². The van der Waals surface area contributed by atoms with E-state index in [9.17, 15) is 0 Å². The van der Waals surface area contributed by atoms with Gasteiger partial charge in [0.1, 0.15) is 0 Å². The molecule has 3 heteroatoms. The Hall–Kier alpha value is -0.540. The normalized spacial score (nSPS) is 25.0. The van der Waals surface area contributed by atoms with Gasteiger partial charge >= 0.3 is 0 Å². The van der Waals surface area contributed by atoms with Gasteiger partial charge in [0.2, 0.25) is 0 Å². The largest absolute Gasteiger partial charge is 0.369 e. The van der Waals surface area contributed by atoms with Gasteiger partial charge in [0.05, 0.1) is 0 Å². The molecule has 1 aromatic rings. The smallest absolute Gasteiger partial charge is 0.0367 e. The van der Waals surface area contributed by atoms with Crippen LogP contribution in [0, 0.1) is 0 Å². The molecule has 1 unspecified atom stereocenters. The third-order valence-corrected chi connectivity index (χ3v) is 4.69. The summed E-state index contributed by atoms with van der Waals surface area (Å²) >= 11 is 3.49. The average Bonchev–Trinajstić information content (AvgIpc) is 2.86. The lowest BCUT2D eigenvalue weighted by atomic mass is 10.1. The van der Waals surface area contributed by atoms with E-state index in [2.05, 4.69) is 50.0 Å². The van der Waals surface area contributed by atoms with Crippen molar-refractivity contribution >= 4 is 21.6 Å². The Bertz CT molecular complexity index is 376. The van der Waals surface area contributed by atoms with Crippen LogP contribution < -0.4 is 4.90 Å². The third kappa shape index (κ3) is 2.36. The molecule has 0 bridgehead atoms. The summed E-state index contributed by atoms with van der Waals surface area (Å²) in [5.41, 5.74) is 2.74. The van der Waals surface area contributed by atoms with Crippen LogP contribution in [0.2, 0.25) is 0 Å². The number of halogens is 1. The van der Waals surface area contributed by atoms with Gasteiger partial charge in [-0.1, -0.05) is 28.1 Å². The first-order chi connectivity index (χ1) is 8.36. The first-order valence-corrected chi connectivity index (χ1v) is 7.63. The van der Waals surface area contributed by atoms with Gasteiger partial charge in [-0.05, 0) is 37.1 Å². The van der Waals surface area contributed by atoms with Crippen molar-refractivity contribution in [3.05, 3.63) is 29.8 Å². The lowest BCUT2D eigenvalue weighted by molar-refractivity contribution is 0.231. The predicted molar refractivity (Wildman–Crippen MR) is 75.9 cm³/mol. The molecule has 0 saturated carbocycles. The summed E-state index contributed by atoms with van der Waals surface area (Å²) in [6.45, 7) is 4.96. The zero-order valence-electron chi connectivity index (χ0n) is 10.1. The van der Waals surface area contributed by atoms with Crippen molar-refractivity contribution in [1.29, 1.82) is 0 Å². The highest BCUT2D eigenvalue weighted by molar-refractivity contribution is 9.08. The number of nitrogens with zero attached hydrogens (tertiary/aromatic N) is 2. The van der Waals surface area contributed by atoms with E-state index in [4.69, 9.17) is 0 Å². The highest BCUT2D eigenvalue weighted by Crippen LogP contribution is 2.25. The van der Waals surface area contributed by atoms with Gasteiger partial charge in [-0.25, -0.2) is 0 Å². The van der Waals surface area contributed by atoms with Crippen molar-refractivity contribution in [1.82, 2.24) is 4.90 Å². The number of hydrogen-bond donors (Lipinski definition) is 0. The first kappa shape index (κ1) is 11.5. The molecule has 2 saturated heterocycles. The molecule has 0 aromatic heterocycles. The summed E-state index contributed by atoms with van der Waals surface area (Å²) in [5, 5.41) is 0.948. The van der Waals surface area contributed by atoms with Crippen LogP contribution in [0.1, 0.15) is 18.4 Å². The number of benzene rings is 1. The second-order valence-corrected chi connectivity index (χ2v) is 5.64. The number of fused-ring (bicyclic) bond motifs is 1. The molecule has 0 aliphatic carbocycles.